The number of rotatable bonds is 18. The van der Waals surface area contributed by atoms with Crippen LogP contribution in [0.15, 0.2) is 22.5 Å². The summed E-state index contributed by atoms with van der Waals surface area (Å²) in [6, 6.07) is 0. The fraction of sp³-hybridized carbons (Fsp3) is 0.630. The number of ether oxygens (including phenoxy) is 1. The maximum Gasteiger partial charge on any atom is 0.326 e. The first kappa shape index (κ1) is 33.2. The Balaban J connectivity index is 1.76. The number of thiazole rings is 1. The number of thioether (sulfide) groups is 2. The number of allylic oxidation sites excluding steroid dienone is 1. The smallest absolute Gasteiger partial charge is 0.326 e. The van der Waals surface area contributed by atoms with Crippen LogP contribution in [0.1, 0.15) is 82.8 Å². The maximum absolute atomic E-state index is 12.8. The van der Waals surface area contributed by atoms with Gasteiger partial charge in [0.1, 0.15) is 39.7 Å². The average molecular weight is 597 g/mol. The molecule has 216 valence electrons. The minimum Gasteiger partial charge on any atom is -0.456 e. The van der Waals surface area contributed by atoms with Crippen LogP contribution in [0.4, 0.5) is 0 Å². The average Bonchev–Trinajstić information content (AvgIpc) is 3.54. The molecular formula is C27H40N4O5S3. The molecule has 1 aliphatic rings. The molecule has 12 heteroatoms. The third-order valence-electron chi connectivity index (χ3n) is 5.82. The Kier molecular flexibility index (Phi) is 15.0. The first-order valence-electron chi connectivity index (χ1n) is 13.3. The summed E-state index contributed by atoms with van der Waals surface area (Å²) in [5.41, 5.74) is 5.29. The summed E-state index contributed by atoms with van der Waals surface area (Å²) >= 11 is 4.19. The highest BCUT2D eigenvalue weighted by atomic mass is 32.2. The molecule has 3 N–H and O–H groups in total. The first-order chi connectivity index (χ1) is 18.7. The molecule has 0 saturated heterocycles. The van der Waals surface area contributed by atoms with Crippen LogP contribution in [0, 0.1) is 0 Å². The number of hydrogen-bond donors (Lipinski definition) is 2. The molecule has 1 amide bonds. The predicted molar refractivity (Wildman–Crippen MR) is 160 cm³/mol. The van der Waals surface area contributed by atoms with E-state index >= 15 is 0 Å². The molecule has 0 unspecified atom stereocenters. The highest BCUT2D eigenvalue weighted by Crippen LogP contribution is 2.31. The molecule has 0 radical (unpaired) electrons. The third-order valence-corrected chi connectivity index (χ3v) is 8.94. The first-order valence-corrected chi connectivity index (χ1v) is 16.2. The number of unbranched alkanes of at least 4 members (excludes halogenated alkanes) is 4. The highest BCUT2D eigenvalue weighted by Gasteiger charge is 2.39. The molecule has 1 aliphatic heterocycles. The molecule has 39 heavy (non-hydrogen) atoms. The predicted octanol–water partition coefficient (Wildman–Crippen LogP) is 4.43. The van der Waals surface area contributed by atoms with Gasteiger partial charge in [-0.1, -0.05) is 50.4 Å². The molecule has 1 aromatic rings. The number of Topliss-reactive ketones (excluding diaryl/α,β-unsaturated/α-hetero) is 1. The zero-order valence-corrected chi connectivity index (χ0v) is 25.5. The van der Waals surface area contributed by atoms with E-state index in [0.29, 0.717) is 41.6 Å². The van der Waals surface area contributed by atoms with Crippen molar-refractivity contribution in [2.75, 3.05) is 18.1 Å². The van der Waals surface area contributed by atoms with Gasteiger partial charge in [-0.25, -0.2) is 4.98 Å². The molecule has 0 spiro atoms. The zero-order chi connectivity index (χ0) is 28.7. The van der Waals surface area contributed by atoms with E-state index in [0.717, 1.165) is 17.8 Å². The second-order valence-electron chi connectivity index (χ2n) is 9.53. The maximum atomic E-state index is 12.8. The van der Waals surface area contributed by atoms with Gasteiger partial charge in [0.15, 0.2) is 5.12 Å². The quantitative estimate of drug-likeness (QED) is 0.143. The number of esters is 1. The third kappa shape index (κ3) is 12.4. The zero-order valence-electron chi connectivity index (χ0n) is 23.0. The lowest BCUT2D eigenvalue weighted by molar-refractivity contribution is -0.148. The van der Waals surface area contributed by atoms with Crippen molar-refractivity contribution in [2.24, 2.45) is 10.7 Å². The summed E-state index contributed by atoms with van der Waals surface area (Å²) < 4.78 is 5.43. The highest BCUT2D eigenvalue weighted by molar-refractivity contribution is 8.14. The lowest BCUT2D eigenvalue weighted by Gasteiger charge is -2.19. The van der Waals surface area contributed by atoms with Crippen molar-refractivity contribution in [1.82, 2.24) is 10.3 Å². The standard InChI is InChI=1S/C27H40N4O5S3/c1-4-5-6-7-8-12-24(34)37-13-10-9-11-20(14-19(2)32)36-23(33)16-29-26(35)27(3)18-39-25(31-27)21-17-38-22(15-28)30-21/h9,11,17,20H,4-8,10,12-16,18,28H2,1-3H3,(H,29,35)/b11-9+/t20-,27+/m1/s1. The molecule has 2 rings (SSSR count). The number of aromatic nitrogens is 1. The van der Waals surface area contributed by atoms with Gasteiger partial charge in [-0.05, 0) is 32.8 Å². The van der Waals surface area contributed by atoms with E-state index in [9.17, 15) is 19.2 Å². The van der Waals surface area contributed by atoms with Crippen molar-refractivity contribution < 1.29 is 23.9 Å². The Morgan fingerprint density at radius 1 is 1.26 bits per heavy atom. The van der Waals surface area contributed by atoms with Gasteiger partial charge in [0.05, 0.1) is 0 Å². The lowest BCUT2D eigenvalue weighted by atomic mass is 10.1. The van der Waals surface area contributed by atoms with Crippen molar-refractivity contribution in [3.8, 4) is 0 Å². The largest absolute Gasteiger partial charge is 0.456 e. The molecule has 0 fully saturated rings. The SMILES string of the molecule is CCCCCCCC(=O)SCC/C=C/[C@H](CC(C)=O)OC(=O)CNC(=O)[C@]1(C)CSC(c2csc(CN)n2)=N1. The monoisotopic (exact) mass is 596 g/mol. The molecule has 0 bridgehead atoms. The van der Waals surface area contributed by atoms with E-state index in [4.69, 9.17) is 10.5 Å². The Hall–Kier alpha value is -2.02. The summed E-state index contributed by atoms with van der Waals surface area (Å²) in [5.74, 6) is -0.0896. The lowest BCUT2D eigenvalue weighted by Crippen LogP contribution is -2.46. The van der Waals surface area contributed by atoms with Crippen molar-refractivity contribution >= 4 is 62.7 Å². The van der Waals surface area contributed by atoms with Crippen LogP contribution >= 0.6 is 34.9 Å². The number of ketones is 1. The molecule has 0 aliphatic carbocycles. The molecule has 1 aromatic heterocycles. The molecule has 2 heterocycles. The Morgan fingerprint density at radius 2 is 2.03 bits per heavy atom. The van der Waals surface area contributed by atoms with Crippen LogP contribution in [0.2, 0.25) is 0 Å². The van der Waals surface area contributed by atoms with Gasteiger partial charge in [-0.2, -0.15) is 0 Å². The summed E-state index contributed by atoms with van der Waals surface area (Å²) in [6.07, 6.45) is 9.62. The number of carbonyl (C=O) groups is 4. The number of aliphatic imine (C=N–C) groups is 1. The van der Waals surface area contributed by atoms with Gasteiger partial charge in [0.25, 0.3) is 0 Å². The van der Waals surface area contributed by atoms with E-state index in [1.54, 1.807) is 13.0 Å². The Bertz CT molecular complexity index is 1040. The van der Waals surface area contributed by atoms with Gasteiger partial charge in [-0.3, -0.25) is 24.2 Å². The topological polar surface area (TPSA) is 141 Å². The van der Waals surface area contributed by atoms with Gasteiger partial charge in [0, 0.05) is 36.3 Å². The van der Waals surface area contributed by atoms with Crippen LogP contribution in [0.3, 0.4) is 0 Å². The Morgan fingerprint density at radius 3 is 2.72 bits per heavy atom. The number of nitrogens with two attached hydrogens (primary N) is 1. The van der Waals surface area contributed by atoms with Gasteiger partial charge < -0.3 is 15.8 Å². The van der Waals surface area contributed by atoms with Crippen LogP contribution in [-0.2, 0) is 30.5 Å². The van der Waals surface area contributed by atoms with E-state index in [1.807, 2.05) is 11.5 Å². The number of nitrogens with one attached hydrogen (secondary N) is 1. The van der Waals surface area contributed by atoms with Crippen molar-refractivity contribution in [3.05, 3.63) is 28.2 Å². The van der Waals surface area contributed by atoms with Crippen LogP contribution in [-0.4, -0.2) is 62.5 Å². The number of carbonyl (C=O) groups excluding carboxylic acids is 4. The van der Waals surface area contributed by atoms with E-state index in [2.05, 4.69) is 22.2 Å². The second-order valence-corrected chi connectivity index (χ2v) is 12.6. The minimum absolute atomic E-state index is 0.0421. The minimum atomic E-state index is -1.03. The summed E-state index contributed by atoms with van der Waals surface area (Å²) in [7, 11) is 0. The van der Waals surface area contributed by atoms with Gasteiger partial charge >= 0.3 is 5.97 Å². The number of amides is 1. The van der Waals surface area contributed by atoms with Crippen LogP contribution in [0.25, 0.3) is 0 Å². The van der Waals surface area contributed by atoms with E-state index in [-0.39, 0.29) is 29.8 Å². The number of nitrogens with zero attached hydrogens (tertiary/aromatic N) is 2. The Labute approximate surface area is 243 Å². The molecule has 2 atom stereocenters. The van der Waals surface area contributed by atoms with Gasteiger partial charge in [0.2, 0.25) is 5.91 Å². The van der Waals surface area contributed by atoms with Gasteiger partial charge in [-0.15, -0.1) is 23.1 Å². The molecular weight excluding hydrogens is 557 g/mol. The fourth-order valence-electron chi connectivity index (χ4n) is 3.67. The van der Waals surface area contributed by atoms with Crippen LogP contribution in [0.5, 0.6) is 0 Å². The molecule has 9 nitrogen and oxygen atoms in total. The van der Waals surface area contributed by atoms with Crippen molar-refractivity contribution in [2.45, 2.75) is 90.3 Å². The normalized spacial score (nSPS) is 17.7. The summed E-state index contributed by atoms with van der Waals surface area (Å²) in [5, 5.41) is 6.13. The van der Waals surface area contributed by atoms with E-state index in [1.165, 1.54) is 61.0 Å². The van der Waals surface area contributed by atoms with Crippen LogP contribution < -0.4 is 11.1 Å². The summed E-state index contributed by atoms with van der Waals surface area (Å²) in [6.45, 7) is 5.32. The molecule has 0 saturated carbocycles. The fourth-order valence-corrected chi connectivity index (χ4v) is 6.30. The second kappa shape index (κ2) is 17.6. The number of hydrogen-bond acceptors (Lipinski definition) is 11. The summed E-state index contributed by atoms with van der Waals surface area (Å²) in [4.78, 5) is 57.9. The van der Waals surface area contributed by atoms with Crippen molar-refractivity contribution in [1.29, 1.82) is 0 Å². The molecule has 0 aromatic carbocycles. The van der Waals surface area contributed by atoms with Crippen molar-refractivity contribution in [3.63, 3.8) is 0 Å². The van der Waals surface area contributed by atoms with E-state index < -0.39 is 17.6 Å².